The van der Waals surface area contributed by atoms with Crippen molar-refractivity contribution >= 4 is 16.6 Å². The van der Waals surface area contributed by atoms with Crippen LogP contribution in [0.3, 0.4) is 0 Å². The van der Waals surface area contributed by atoms with Gasteiger partial charge in [0.2, 0.25) is 0 Å². The molecule has 2 aromatic carbocycles. The average molecular weight is 266 g/mol. The minimum Gasteiger partial charge on any atom is -0.497 e. The molecule has 102 valence electrons. The second-order valence-corrected chi connectivity index (χ2v) is 5.12. The van der Waals surface area contributed by atoms with E-state index in [-0.39, 0.29) is 0 Å². The van der Waals surface area contributed by atoms with Gasteiger partial charge >= 0.3 is 0 Å². The van der Waals surface area contributed by atoms with Crippen LogP contribution in [0, 0.1) is 6.92 Å². The van der Waals surface area contributed by atoms with Crippen LogP contribution in [0.2, 0.25) is 0 Å². The van der Waals surface area contributed by atoms with Crippen molar-refractivity contribution in [3.8, 4) is 5.75 Å². The Labute approximate surface area is 118 Å². The van der Waals surface area contributed by atoms with Crippen molar-refractivity contribution in [2.75, 3.05) is 12.8 Å². The topological polar surface area (TPSA) is 40.2 Å². The number of nitrogens with two attached hydrogens (primary N) is 1. The molecule has 0 amide bonds. The summed E-state index contributed by atoms with van der Waals surface area (Å²) in [6.45, 7) is 2.90. The van der Waals surface area contributed by atoms with E-state index in [1.54, 1.807) is 7.11 Å². The third-order valence-corrected chi connectivity index (χ3v) is 3.51. The average Bonchev–Trinajstić information content (AvgIpc) is 2.80. The van der Waals surface area contributed by atoms with Crippen molar-refractivity contribution in [1.29, 1.82) is 0 Å². The van der Waals surface area contributed by atoms with Crippen molar-refractivity contribution in [2.45, 2.75) is 13.5 Å². The third-order valence-electron chi connectivity index (χ3n) is 3.51. The molecule has 0 unspecified atom stereocenters. The van der Waals surface area contributed by atoms with Gasteiger partial charge in [0, 0.05) is 30.0 Å². The molecule has 0 aliphatic carbocycles. The number of ether oxygens (including phenoxy) is 1. The van der Waals surface area contributed by atoms with Crippen molar-refractivity contribution in [3.63, 3.8) is 0 Å². The number of methoxy groups -OCH3 is 1. The second-order valence-electron chi connectivity index (χ2n) is 5.12. The van der Waals surface area contributed by atoms with Crippen LogP contribution in [0.4, 0.5) is 5.69 Å². The first-order valence-electron chi connectivity index (χ1n) is 6.64. The standard InChI is InChI=1S/C17H18N2O/c1-12-3-4-14-5-6-19(17(14)7-12)11-13-8-15(18)10-16(9-13)20-2/h3-10H,11,18H2,1-2H3. The molecule has 0 fully saturated rings. The Kier molecular flexibility index (Phi) is 3.11. The van der Waals surface area contributed by atoms with E-state index in [1.807, 2.05) is 18.2 Å². The van der Waals surface area contributed by atoms with E-state index >= 15 is 0 Å². The van der Waals surface area contributed by atoms with Gasteiger partial charge in [0.25, 0.3) is 0 Å². The highest BCUT2D eigenvalue weighted by molar-refractivity contribution is 5.80. The van der Waals surface area contributed by atoms with E-state index < -0.39 is 0 Å². The van der Waals surface area contributed by atoms with Crippen molar-refractivity contribution in [2.24, 2.45) is 0 Å². The van der Waals surface area contributed by atoms with Gasteiger partial charge in [-0.2, -0.15) is 0 Å². The van der Waals surface area contributed by atoms with Crippen LogP contribution in [-0.4, -0.2) is 11.7 Å². The summed E-state index contributed by atoms with van der Waals surface area (Å²) < 4.78 is 7.50. The highest BCUT2D eigenvalue weighted by Crippen LogP contribution is 2.22. The summed E-state index contributed by atoms with van der Waals surface area (Å²) in [6.07, 6.45) is 2.11. The van der Waals surface area contributed by atoms with Crippen LogP contribution in [0.15, 0.2) is 48.7 Å². The van der Waals surface area contributed by atoms with Gasteiger partial charge in [-0.15, -0.1) is 0 Å². The van der Waals surface area contributed by atoms with Crippen molar-refractivity contribution in [1.82, 2.24) is 4.57 Å². The van der Waals surface area contributed by atoms with E-state index in [0.29, 0.717) is 0 Å². The predicted molar refractivity (Wildman–Crippen MR) is 83.2 cm³/mol. The van der Waals surface area contributed by atoms with Gasteiger partial charge in [0.05, 0.1) is 7.11 Å². The zero-order valence-corrected chi connectivity index (χ0v) is 11.8. The van der Waals surface area contributed by atoms with E-state index in [4.69, 9.17) is 10.5 Å². The van der Waals surface area contributed by atoms with Crippen LogP contribution in [-0.2, 0) is 6.54 Å². The fourth-order valence-corrected chi connectivity index (χ4v) is 2.52. The summed E-state index contributed by atoms with van der Waals surface area (Å²) >= 11 is 0. The number of fused-ring (bicyclic) bond motifs is 1. The number of nitrogen functional groups attached to an aromatic ring is 1. The van der Waals surface area contributed by atoms with Gasteiger partial charge < -0.3 is 15.0 Å². The number of aryl methyl sites for hydroxylation is 1. The summed E-state index contributed by atoms with van der Waals surface area (Å²) in [5, 5.41) is 1.26. The molecule has 0 saturated carbocycles. The Bertz CT molecular complexity index is 759. The molecule has 0 atom stereocenters. The molecule has 20 heavy (non-hydrogen) atoms. The van der Waals surface area contributed by atoms with Crippen LogP contribution in [0.5, 0.6) is 5.75 Å². The minimum atomic E-state index is 0.729. The van der Waals surface area contributed by atoms with E-state index in [1.165, 1.54) is 16.5 Å². The third kappa shape index (κ3) is 2.35. The Morgan fingerprint density at radius 3 is 2.75 bits per heavy atom. The molecule has 1 aromatic heterocycles. The highest BCUT2D eigenvalue weighted by atomic mass is 16.5. The lowest BCUT2D eigenvalue weighted by atomic mass is 10.1. The number of nitrogens with zero attached hydrogens (tertiary/aromatic N) is 1. The van der Waals surface area contributed by atoms with Gasteiger partial charge in [0.15, 0.2) is 0 Å². The molecule has 3 heteroatoms. The molecule has 2 N–H and O–H groups in total. The first-order valence-corrected chi connectivity index (χ1v) is 6.64. The van der Waals surface area contributed by atoms with E-state index in [2.05, 4.69) is 42.0 Å². The fraction of sp³-hybridized carbons (Fsp3) is 0.176. The molecule has 0 aliphatic rings. The van der Waals surface area contributed by atoms with Crippen LogP contribution in [0.25, 0.3) is 10.9 Å². The molecular weight excluding hydrogens is 248 g/mol. The molecule has 0 saturated heterocycles. The Balaban J connectivity index is 2.00. The maximum absolute atomic E-state index is 5.91. The molecule has 0 radical (unpaired) electrons. The van der Waals surface area contributed by atoms with Crippen LogP contribution >= 0.6 is 0 Å². The van der Waals surface area contributed by atoms with Crippen molar-refractivity contribution < 1.29 is 4.74 Å². The first kappa shape index (κ1) is 12.6. The van der Waals surface area contributed by atoms with E-state index in [9.17, 15) is 0 Å². The predicted octanol–water partition coefficient (Wildman–Crippen LogP) is 3.59. The monoisotopic (exact) mass is 266 g/mol. The van der Waals surface area contributed by atoms with Crippen LogP contribution in [0.1, 0.15) is 11.1 Å². The van der Waals surface area contributed by atoms with Crippen molar-refractivity contribution in [3.05, 3.63) is 59.8 Å². The lowest BCUT2D eigenvalue weighted by Gasteiger charge is -2.09. The number of hydrogen-bond donors (Lipinski definition) is 1. The molecule has 0 aliphatic heterocycles. The highest BCUT2D eigenvalue weighted by Gasteiger charge is 2.04. The number of rotatable bonds is 3. The number of hydrogen-bond acceptors (Lipinski definition) is 2. The minimum absolute atomic E-state index is 0.729. The number of aromatic nitrogens is 1. The normalized spacial score (nSPS) is 10.9. The summed E-state index contributed by atoms with van der Waals surface area (Å²) in [5.74, 6) is 0.799. The number of benzene rings is 2. The van der Waals surface area contributed by atoms with Crippen LogP contribution < -0.4 is 10.5 Å². The molecule has 3 aromatic rings. The molecule has 0 spiro atoms. The quantitative estimate of drug-likeness (QED) is 0.736. The van der Waals surface area contributed by atoms with Gasteiger partial charge in [0.1, 0.15) is 5.75 Å². The molecule has 3 rings (SSSR count). The first-order chi connectivity index (χ1) is 9.65. The molecular formula is C17H18N2O. The molecule has 0 bridgehead atoms. The Morgan fingerprint density at radius 1 is 1.10 bits per heavy atom. The van der Waals surface area contributed by atoms with E-state index in [0.717, 1.165) is 23.5 Å². The summed E-state index contributed by atoms with van der Waals surface area (Å²) in [5.41, 5.74) is 10.3. The van der Waals surface area contributed by atoms with Gasteiger partial charge in [-0.25, -0.2) is 0 Å². The Morgan fingerprint density at radius 2 is 1.95 bits per heavy atom. The zero-order chi connectivity index (χ0) is 14.1. The molecule has 1 heterocycles. The largest absolute Gasteiger partial charge is 0.497 e. The zero-order valence-electron chi connectivity index (χ0n) is 11.8. The van der Waals surface area contributed by atoms with Gasteiger partial charge in [-0.3, -0.25) is 0 Å². The Hall–Kier alpha value is -2.42. The SMILES string of the molecule is COc1cc(N)cc(Cn2ccc3ccc(C)cc32)c1. The summed E-state index contributed by atoms with van der Waals surface area (Å²) in [7, 11) is 1.66. The lowest BCUT2D eigenvalue weighted by Crippen LogP contribution is -2.00. The lowest BCUT2D eigenvalue weighted by molar-refractivity contribution is 0.414. The fourth-order valence-electron chi connectivity index (χ4n) is 2.52. The molecule has 3 nitrogen and oxygen atoms in total. The second kappa shape index (κ2) is 4.93. The smallest absolute Gasteiger partial charge is 0.121 e. The summed E-state index contributed by atoms with van der Waals surface area (Å²) in [4.78, 5) is 0. The maximum Gasteiger partial charge on any atom is 0.121 e. The number of anilines is 1. The van der Waals surface area contributed by atoms with Gasteiger partial charge in [-0.05, 0) is 47.7 Å². The summed E-state index contributed by atoms with van der Waals surface area (Å²) in [6, 6.07) is 14.5. The van der Waals surface area contributed by atoms with Gasteiger partial charge in [-0.1, -0.05) is 12.1 Å². The maximum atomic E-state index is 5.91.